The van der Waals surface area contributed by atoms with Crippen molar-refractivity contribution in [3.63, 3.8) is 0 Å². The summed E-state index contributed by atoms with van der Waals surface area (Å²) in [6.07, 6.45) is 3.43. The van der Waals surface area contributed by atoms with Gasteiger partial charge in [0.15, 0.2) is 0 Å². The summed E-state index contributed by atoms with van der Waals surface area (Å²) in [6.45, 7) is 1.43. The molecule has 1 aliphatic carbocycles. The summed E-state index contributed by atoms with van der Waals surface area (Å²) >= 11 is 0. The third-order valence-corrected chi connectivity index (χ3v) is 5.96. The molecule has 152 valence electrons. The average Bonchev–Trinajstić information content (AvgIpc) is 2.69. The fraction of sp³-hybridized carbons (Fsp3) is 0.429. The Morgan fingerprint density at radius 3 is 2.68 bits per heavy atom. The van der Waals surface area contributed by atoms with Crippen LogP contribution in [0.2, 0.25) is 0 Å². The quantitative estimate of drug-likeness (QED) is 0.554. The van der Waals surface area contributed by atoms with Gasteiger partial charge >= 0.3 is 0 Å². The van der Waals surface area contributed by atoms with Crippen molar-refractivity contribution < 1.29 is 18.3 Å². The summed E-state index contributed by atoms with van der Waals surface area (Å²) in [4.78, 5) is 0.112. The summed E-state index contributed by atoms with van der Waals surface area (Å²) in [5.74, 6) is 0. The van der Waals surface area contributed by atoms with Crippen LogP contribution in [0.25, 0.3) is 0 Å². The molecule has 0 aliphatic heterocycles. The monoisotopic (exact) mass is 404 g/mol. The number of fused-ring (bicyclic) bond motifs is 1. The molecule has 0 amide bonds. The molecular weight excluding hydrogens is 376 g/mol. The third kappa shape index (κ3) is 5.86. The first kappa shape index (κ1) is 21.0. The minimum atomic E-state index is -3.65. The SMILES string of the molecule is NS(=O)(=O)c1ccc(CCNCC(O)COC2CCCc3ccccc32)cc1. The zero-order valence-electron chi connectivity index (χ0n) is 15.9. The van der Waals surface area contributed by atoms with E-state index >= 15 is 0 Å². The smallest absolute Gasteiger partial charge is 0.238 e. The molecule has 2 unspecified atom stereocenters. The Hall–Kier alpha value is -1.77. The molecule has 2 atom stereocenters. The molecular formula is C21H28N2O4S. The highest BCUT2D eigenvalue weighted by atomic mass is 32.2. The van der Waals surface area contributed by atoms with E-state index in [0.29, 0.717) is 19.7 Å². The molecule has 1 aliphatic rings. The van der Waals surface area contributed by atoms with E-state index in [1.165, 1.54) is 23.3 Å². The van der Waals surface area contributed by atoms with Gasteiger partial charge in [0.1, 0.15) is 0 Å². The summed E-state index contributed by atoms with van der Waals surface area (Å²) in [5, 5.41) is 18.5. The van der Waals surface area contributed by atoms with Crippen LogP contribution in [-0.4, -0.2) is 39.3 Å². The van der Waals surface area contributed by atoms with Crippen LogP contribution in [0.5, 0.6) is 0 Å². The molecule has 0 aromatic heterocycles. The zero-order chi connectivity index (χ0) is 20.0. The van der Waals surface area contributed by atoms with Crippen molar-refractivity contribution in [3.8, 4) is 0 Å². The molecule has 2 aromatic rings. The summed E-state index contributed by atoms with van der Waals surface area (Å²) < 4.78 is 28.5. The predicted molar refractivity (Wildman–Crippen MR) is 108 cm³/mol. The van der Waals surface area contributed by atoms with E-state index < -0.39 is 16.1 Å². The second-order valence-corrected chi connectivity index (χ2v) is 8.77. The van der Waals surface area contributed by atoms with E-state index in [0.717, 1.165) is 31.2 Å². The number of rotatable bonds is 9. The van der Waals surface area contributed by atoms with Crippen molar-refractivity contribution in [2.45, 2.75) is 42.8 Å². The molecule has 0 bridgehead atoms. The molecule has 6 nitrogen and oxygen atoms in total. The Bertz CT molecular complexity index is 868. The maximum atomic E-state index is 11.2. The maximum absolute atomic E-state index is 11.2. The maximum Gasteiger partial charge on any atom is 0.238 e. The molecule has 0 saturated carbocycles. The highest BCUT2D eigenvalue weighted by Gasteiger charge is 2.21. The van der Waals surface area contributed by atoms with Crippen molar-refractivity contribution in [2.75, 3.05) is 19.7 Å². The molecule has 4 N–H and O–H groups in total. The van der Waals surface area contributed by atoms with Crippen LogP contribution < -0.4 is 10.5 Å². The van der Waals surface area contributed by atoms with Gasteiger partial charge in [-0.05, 0) is 61.1 Å². The van der Waals surface area contributed by atoms with Gasteiger partial charge in [-0.15, -0.1) is 0 Å². The molecule has 3 rings (SSSR count). The number of hydrogen-bond donors (Lipinski definition) is 3. The van der Waals surface area contributed by atoms with Crippen molar-refractivity contribution >= 4 is 10.0 Å². The van der Waals surface area contributed by atoms with Gasteiger partial charge < -0.3 is 15.2 Å². The van der Waals surface area contributed by atoms with Gasteiger partial charge in [-0.1, -0.05) is 36.4 Å². The van der Waals surface area contributed by atoms with E-state index in [-0.39, 0.29) is 11.0 Å². The van der Waals surface area contributed by atoms with E-state index in [9.17, 15) is 13.5 Å². The van der Waals surface area contributed by atoms with Crippen LogP contribution in [0.1, 0.15) is 35.6 Å². The molecule has 7 heteroatoms. The molecule has 0 spiro atoms. The number of aryl methyl sites for hydroxylation is 1. The number of benzene rings is 2. The fourth-order valence-corrected chi connectivity index (χ4v) is 4.03. The van der Waals surface area contributed by atoms with Crippen molar-refractivity contribution in [1.82, 2.24) is 5.32 Å². The highest BCUT2D eigenvalue weighted by molar-refractivity contribution is 7.89. The Labute approximate surface area is 166 Å². The lowest BCUT2D eigenvalue weighted by Gasteiger charge is -2.26. The van der Waals surface area contributed by atoms with Crippen LogP contribution in [0, 0.1) is 0 Å². The van der Waals surface area contributed by atoms with Gasteiger partial charge in [0.25, 0.3) is 0 Å². The van der Waals surface area contributed by atoms with Gasteiger partial charge in [-0.3, -0.25) is 0 Å². The van der Waals surface area contributed by atoms with Crippen LogP contribution in [0.4, 0.5) is 0 Å². The molecule has 0 radical (unpaired) electrons. The van der Waals surface area contributed by atoms with Crippen molar-refractivity contribution in [2.24, 2.45) is 5.14 Å². The zero-order valence-corrected chi connectivity index (χ0v) is 16.7. The van der Waals surface area contributed by atoms with Gasteiger partial charge in [0.2, 0.25) is 10.0 Å². The van der Waals surface area contributed by atoms with Crippen LogP contribution in [0.15, 0.2) is 53.4 Å². The first-order valence-corrected chi connectivity index (χ1v) is 11.2. The number of hydrogen-bond acceptors (Lipinski definition) is 5. The van der Waals surface area contributed by atoms with E-state index in [2.05, 4.69) is 23.5 Å². The molecule has 0 heterocycles. The summed E-state index contributed by atoms with van der Waals surface area (Å²) in [7, 11) is -3.65. The summed E-state index contributed by atoms with van der Waals surface area (Å²) in [5.41, 5.74) is 3.60. The Balaban J connectivity index is 1.37. The highest BCUT2D eigenvalue weighted by Crippen LogP contribution is 2.32. The van der Waals surface area contributed by atoms with Crippen LogP contribution >= 0.6 is 0 Å². The largest absolute Gasteiger partial charge is 0.389 e. The van der Waals surface area contributed by atoms with Crippen molar-refractivity contribution in [1.29, 1.82) is 0 Å². The summed E-state index contributed by atoms with van der Waals surface area (Å²) in [6, 6.07) is 14.9. The molecule has 0 saturated heterocycles. The second-order valence-electron chi connectivity index (χ2n) is 7.21. The Morgan fingerprint density at radius 2 is 1.93 bits per heavy atom. The minimum absolute atomic E-state index is 0.0666. The first-order chi connectivity index (χ1) is 13.4. The number of aliphatic hydroxyl groups is 1. The number of ether oxygens (including phenoxy) is 1. The standard InChI is InChI=1S/C21H28N2O4S/c22-28(25,26)19-10-8-16(9-11-19)12-13-23-14-18(24)15-27-21-7-3-5-17-4-1-2-6-20(17)21/h1-2,4,6,8-11,18,21,23-24H,3,5,7,12-15H2,(H2,22,25,26). The Kier molecular flexibility index (Phi) is 7.20. The number of aliphatic hydroxyl groups excluding tert-OH is 1. The number of nitrogens with one attached hydrogen (secondary N) is 1. The van der Waals surface area contributed by atoms with Gasteiger partial charge in [0.05, 0.1) is 23.7 Å². The minimum Gasteiger partial charge on any atom is -0.389 e. The van der Waals surface area contributed by atoms with Gasteiger partial charge in [0, 0.05) is 6.54 Å². The normalized spacial score (nSPS) is 17.9. The first-order valence-electron chi connectivity index (χ1n) is 9.63. The van der Waals surface area contributed by atoms with Crippen LogP contribution in [-0.2, 0) is 27.6 Å². The topological polar surface area (TPSA) is 102 Å². The Morgan fingerprint density at radius 1 is 1.18 bits per heavy atom. The van der Waals surface area contributed by atoms with Crippen LogP contribution in [0.3, 0.4) is 0 Å². The fourth-order valence-electron chi connectivity index (χ4n) is 3.52. The number of sulfonamides is 1. The molecule has 28 heavy (non-hydrogen) atoms. The van der Waals surface area contributed by atoms with E-state index in [1.54, 1.807) is 12.1 Å². The van der Waals surface area contributed by atoms with Gasteiger partial charge in [-0.2, -0.15) is 0 Å². The molecule has 0 fully saturated rings. The van der Waals surface area contributed by atoms with Gasteiger partial charge in [-0.25, -0.2) is 13.6 Å². The predicted octanol–water partition coefficient (Wildman–Crippen LogP) is 1.92. The number of primary sulfonamides is 1. The lowest BCUT2D eigenvalue weighted by atomic mass is 9.89. The number of nitrogens with two attached hydrogens (primary N) is 1. The third-order valence-electron chi connectivity index (χ3n) is 5.03. The lowest BCUT2D eigenvalue weighted by molar-refractivity contribution is -0.0166. The van der Waals surface area contributed by atoms with E-state index in [1.807, 2.05) is 6.07 Å². The van der Waals surface area contributed by atoms with E-state index in [4.69, 9.17) is 9.88 Å². The average molecular weight is 405 g/mol. The van der Waals surface area contributed by atoms with Crippen molar-refractivity contribution in [3.05, 3.63) is 65.2 Å². The molecule has 2 aromatic carbocycles. The lowest BCUT2D eigenvalue weighted by Crippen LogP contribution is -2.32. The second kappa shape index (κ2) is 9.62.